The first-order valence-corrected chi connectivity index (χ1v) is 10.8. The van der Waals surface area contributed by atoms with Crippen LogP contribution in [0.15, 0.2) is 54.6 Å². The van der Waals surface area contributed by atoms with Gasteiger partial charge >= 0.3 is 12.1 Å². The van der Waals surface area contributed by atoms with Gasteiger partial charge in [-0.3, -0.25) is 0 Å². The Labute approximate surface area is 179 Å². The summed E-state index contributed by atoms with van der Waals surface area (Å²) in [5.74, 6) is -0.00391. The van der Waals surface area contributed by atoms with Crippen molar-refractivity contribution >= 4 is 12.1 Å². The Morgan fingerprint density at radius 3 is 2.30 bits per heavy atom. The molecule has 0 saturated heterocycles. The molecule has 0 aliphatic heterocycles. The summed E-state index contributed by atoms with van der Waals surface area (Å²) in [5.41, 5.74) is 2.00. The van der Waals surface area contributed by atoms with Crippen molar-refractivity contribution < 1.29 is 19.1 Å². The third-order valence-electron chi connectivity index (χ3n) is 5.16. The first-order chi connectivity index (χ1) is 14.6. The molecule has 0 heterocycles. The van der Waals surface area contributed by atoms with Gasteiger partial charge in [0.05, 0.1) is 24.8 Å². The maximum atomic E-state index is 12.9. The van der Waals surface area contributed by atoms with Crippen molar-refractivity contribution in [2.45, 2.75) is 52.5 Å². The molecule has 0 saturated carbocycles. The molecule has 2 atom stereocenters. The molecule has 2 unspecified atom stereocenters. The quantitative estimate of drug-likeness (QED) is 0.468. The summed E-state index contributed by atoms with van der Waals surface area (Å²) in [7, 11) is 0. The summed E-state index contributed by atoms with van der Waals surface area (Å²) in [4.78, 5) is 25.1. The van der Waals surface area contributed by atoms with Crippen molar-refractivity contribution in [3.63, 3.8) is 0 Å². The third-order valence-corrected chi connectivity index (χ3v) is 5.16. The summed E-state index contributed by atoms with van der Waals surface area (Å²) >= 11 is 0. The van der Waals surface area contributed by atoms with Crippen molar-refractivity contribution in [3.8, 4) is 0 Å². The average Bonchev–Trinajstić information content (AvgIpc) is 2.78. The predicted octanol–water partition coefficient (Wildman–Crippen LogP) is 5.90. The first-order valence-electron chi connectivity index (χ1n) is 10.8. The molecule has 1 amide bonds. The molecule has 2 aromatic rings. The van der Waals surface area contributed by atoms with Gasteiger partial charge in [-0.1, -0.05) is 81.6 Å². The van der Waals surface area contributed by atoms with Crippen molar-refractivity contribution in [1.82, 2.24) is 5.32 Å². The van der Waals surface area contributed by atoms with E-state index in [2.05, 4.69) is 19.2 Å². The zero-order chi connectivity index (χ0) is 21.8. The van der Waals surface area contributed by atoms with E-state index in [0.29, 0.717) is 23.7 Å². The molecule has 5 heteroatoms. The number of hydrogen-bond acceptors (Lipinski definition) is 4. The predicted molar refractivity (Wildman–Crippen MR) is 118 cm³/mol. The zero-order valence-corrected chi connectivity index (χ0v) is 18.2. The van der Waals surface area contributed by atoms with E-state index in [1.807, 2.05) is 42.5 Å². The lowest BCUT2D eigenvalue weighted by atomic mass is 9.94. The number of nitrogens with one attached hydrogen (secondary N) is 1. The molecule has 0 fully saturated rings. The molecule has 0 aliphatic carbocycles. The molecule has 30 heavy (non-hydrogen) atoms. The highest BCUT2D eigenvalue weighted by Crippen LogP contribution is 2.26. The highest BCUT2D eigenvalue weighted by atomic mass is 16.5. The molecule has 0 aliphatic rings. The monoisotopic (exact) mass is 411 g/mol. The van der Waals surface area contributed by atoms with Gasteiger partial charge < -0.3 is 14.8 Å². The molecule has 0 bridgehead atoms. The molecular weight excluding hydrogens is 378 g/mol. The van der Waals surface area contributed by atoms with Crippen LogP contribution in [-0.2, 0) is 9.47 Å². The number of carbonyl (C=O) groups is 2. The van der Waals surface area contributed by atoms with Gasteiger partial charge in [0, 0.05) is 0 Å². The molecule has 1 N–H and O–H groups in total. The Morgan fingerprint density at radius 1 is 0.933 bits per heavy atom. The SMILES string of the molecule is CCCCC(CC)COC(=O)c1ccccc1C(NC(=O)OCC)c1ccccc1. The van der Waals surface area contributed by atoms with Crippen LogP contribution >= 0.6 is 0 Å². The smallest absolute Gasteiger partial charge is 0.407 e. The van der Waals surface area contributed by atoms with Crippen molar-refractivity contribution in [3.05, 3.63) is 71.3 Å². The van der Waals surface area contributed by atoms with Crippen LogP contribution in [0.25, 0.3) is 0 Å². The molecule has 0 aromatic heterocycles. The Morgan fingerprint density at radius 2 is 1.63 bits per heavy atom. The summed E-state index contributed by atoms with van der Waals surface area (Å²) in [6.45, 7) is 6.72. The van der Waals surface area contributed by atoms with Crippen molar-refractivity contribution in [2.75, 3.05) is 13.2 Å². The minimum Gasteiger partial charge on any atom is -0.462 e. The highest BCUT2D eigenvalue weighted by molar-refractivity contribution is 5.91. The van der Waals surface area contributed by atoms with E-state index in [0.717, 1.165) is 31.2 Å². The molecule has 0 spiro atoms. The summed E-state index contributed by atoms with van der Waals surface area (Å²) in [6, 6.07) is 16.3. The standard InChI is InChI=1S/C25H33NO4/c1-4-7-13-19(5-2)18-30-24(27)22-17-12-11-16-21(22)23(26-25(28)29-6-3)20-14-9-8-10-15-20/h8-12,14-17,19,23H,4-7,13,18H2,1-3H3,(H,26,28). The first kappa shape index (κ1) is 23.5. The van der Waals surface area contributed by atoms with Gasteiger partial charge in [0.25, 0.3) is 0 Å². The van der Waals surface area contributed by atoms with E-state index in [4.69, 9.17) is 9.47 Å². The van der Waals surface area contributed by atoms with Crippen LogP contribution in [0.1, 0.15) is 74.0 Å². The summed E-state index contributed by atoms with van der Waals surface area (Å²) in [6.07, 6.45) is 3.77. The second-order valence-electron chi connectivity index (χ2n) is 7.31. The Kier molecular flexibility index (Phi) is 9.92. The van der Waals surface area contributed by atoms with E-state index in [9.17, 15) is 9.59 Å². The fourth-order valence-corrected chi connectivity index (χ4v) is 3.38. The summed E-state index contributed by atoms with van der Waals surface area (Å²) < 4.78 is 10.8. The number of alkyl carbamates (subject to hydrolysis) is 1. The maximum absolute atomic E-state index is 12.9. The van der Waals surface area contributed by atoms with Crippen LogP contribution < -0.4 is 5.32 Å². The van der Waals surface area contributed by atoms with Gasteiger partial charge in [-0.2, -0.15) is 0 Å². The van der Waals surface area contributed by atoms with E-state index in [-0.39, 0.29) is 12.6 Å². The van der Waals surface area contributed by atoms with E-state index >= 15 is 0 Å². The molecule has 162 valence electrons. The van der Waals surface area contributed by atoms with Crippen molar-refractivity contribution in [2.24, 2.45) is 5.92 Å². The lowest BCUT2D eigenvalue weighted by Crippen LogP contribution is -2.31. The van der Waals surface area contributed by atoms with Crippen LogP contribution in [0, 0.1) is 5.92 Å². The summed E-state index contributed by atoms with van der Waals surface area (Å²) in [5, 5.41) is 2.88. The largest absolute Gasteiger partial charge is 0.462 e. The van der Waals surface area contributed by atoms with Crippen LogP contribution in [0.3, 0.4) is 0 Å². The number of hydrogen-bond donors (Lipinski definition) is 1. The minimum absolute atomic E-state index is 0.271. The second-order valence-corrected chi connectivity index (χ2v) is 7.31. The Balaban J connectivity index is 2.26. The van der Waals surface area contributed by atoms with Gasteiger partial charge in [0.15, 0.2) is 0 Å². The Bertz CT molecular complexity index is 791. The van der Waals surface area contributed by atoms with E-state index in [1.54, 1.807) is 19.1 Å². The number of esters is 1. The normalized spacial score (nSPS) is 12.6. The van der Waals surface area contributed by atoms with Gasteiger partial charge in [0.1, 0.15) is 0 Å². The van der Waals surface area contributed by atoms with Crippen LogP contribution in [-0.4, -0.2) is 25.3 Å². The fourth-order valence-electron chi connectivity index (χ4n) is 3.38. The van der Waals surface area contributed by atoms with Gasteiger partial charge in [-0.05, 0) is 36.5 Å². The maximum Gasteiger partial charge on any atom is 0.407 e. The van der Waals surface area contributed by atoms with E-state index in [1.165, 1.54) is 0 Å². The average molecular weight is 412 g/mol. The second kappa shape index (κ2) is 12.7. The van der Waals surface area contributed by atoms with Gasteiger partial charge in [0.2, 0.25) is 0 Å². The fraction of sp³-hybridized carbons (Fsp3) is 0.440. The van der Waals surface area contributed by atoms with E-state index < -0.39 is 12.1 Å². The topological polar surface area (TPSA) is 64.6 Å². The lowest BCUT2D eigenvalue weighted by Gasteiger charge is -2.22. The number of amides is 1. The Hall–Kier alpha value is -2.82. The number of unbranched alkanes of at least 4 members (excludes halogenated alkanes) is 1. The van der Waals surface area contributed by atoms with Gasteiger partial charge in [-0.25, -0.2) is 9.59 Å². The number of rotatable bonds is 11. The number of ether oxygens (including phenoxy) is 2. The van der Waals surface area contributed by atoms with Crippen LogP contribution in [0.2, 0.25) is 0 Å². The highest BCUT2D eigenvalue weighted by Gasteiger charge is 2.24. The lowest BCUT2D eigenvalue weighted by molar-refractivity contribution is 0.0426. The molecule has 5 nitrogen and oxygen atoms in total. The van der Waals surface area contributed by atoms with Crippen LogP contribution in [0.4, 0.5) is 4.79 Å². The molecule has 0 radical (unpaired) electrons. The van der Waals surface area contributed by atoms with Gasteiger partial charge in [-0.15, -0.1) is 0 Å². The minimum atomic E-state index is -0.528. The zero-order valence-electron chi connectivity index (χ0n) is 18.2. The van der Waals surface area contributed by atoms with Crippen molar-refractivity contribution in [1.29, 1.82) is 0 Å². The van der Waals surface area contributed by atoms with Crippen LogP contribution in [0.5, 0.6) is 0 Å². The molecule has 2 rings (SSSR count). The third kappa shape index (κ3) is 6.90. The molecule has 2 aromatic carbocycles. The molecular formula is C25H33NO4. The number of carbonyl (C=O) groups excluding carboxylic acids is 2. The number of benzene rings is 2.